The van der Waals surface area contributed by atoms with Gasteiger partial charge < -0.3 is 9.73 Å². The Labute approximate surface area is 165 Å². The summed E-state index contributed by atoms with van der Waals surface area (Å²) in [5, 5.41) is 15.9. The molecule has 4 rings (SSSR count). The summed E-state index contributed by atoms with van der Waals surface area (Å²) in [6, 6.07) is 20.0. The summed E-state index contributed by atoms with van der Waals surface area (Å²) >= 11 is 1.57. The molecule has 4 aromatic rings. The monoisotopic (exact) mass is 395 g/mol. The summed E-state index contributed by atoms with van der Waals surface area (Å²) < 4.78 is 21.3. The van der Waals surface area contributed by atoms with E-state index in [2.05, 4.69) is 20.8 Å². The quantitative estimate of drug-likeness (QED) is 0.360. The normalized spacial score (nSPS) is 11.0. The lowest BCUT2D eigenvalue weighted by atomic mass is 10.1. The van der Waals surface area contributed by atoms with Crippen LogP contribution in [-0.2, 0) is 6.54 Å². The summed E-state index contributed by atoms with van der Waals surface area (Å²) in [4.78, 5) is 0. The van der Waals surface area contributed by atoms with Crippen LogP contribution in [0.2, 0.25) is 0 Å². The molecule has 0 radical (unpaired) electrons. The number of thioether (sulfide) groups is 1. The van der Waals surface area contributed by atoms with Gasteiger partial charge in [0.05, 0.1) is 17.8 Å². The highest BCUT2D eigenvalue weighted by atomic mass is 32.2. The standard InChI is InChI=1S/C20H18FN5OS/c21-18-9-5-4-8-17(18)19-11-10-16(27-19)14-22-12-13-28-20-23-24-25-26(20)15-6-2-1-3-7-15/h1-11,22H,12-14H2. The fraction of sp³-hybridized carbons (Fsp3) is 0.150. The molecule has 2 heterocycles. The average Bonchev–Trinajstić information content (AvgIpc) is 3.38. The summed E-state index contributed by atoms with van der Waals surface area (Å²) in [5.41, 5.74) is 1.40. The molecule has 0 aliphatic heterocycles. The molecule has 0 unspecified atom stereocenters. The van der Waals surface area contributed by atoms with Gasteiger partial charge in [0.15, 0.2) is 0 Å². The van der Waals surface area contributed by atoms with Crippen LogP contribution in [0.1, 0.15) is 5.76 Å². The van der Waals surface area contributed by atoms with Crippen LogP contribution in [0.5, 0.6) is 0 Å². The summed E-state index contributed by atoms with van der Waals surface area (Å²) in [6.07, 6.45) is 0. The van der Waals surface area contributed by atoms with Gasteiger partial charge in [-0.3, -0.25) is 0 Å². The smallest absolute Gasteiger partial charge is 0.214 e. The van der Waals surface area contributed by atoms with E-state index in [1.165, 1.54) is 6.07 Å². The fourth-order valence-electron chi connectivity index (χ4n) is 2.70. The van der Waals surface area contributed by atoms with Gasteiger partial charge in [0.2, 0.25) is 5.16 Å². The lowest BCUT2D eigenvalue weighted by Crippen LogP contribution is -2.16. The number of aromatic nitrogens is 4. The molecular formula is C20H18FN5OS. The Morgan fingerprint density at radius 1 is 1.00 bits per heavy atom. The van der Waals surface area contributed by atoms with Crippen molar-refractivity contribution in [3.05, 3.63) is 78.3 Å². The van der Waals surface area contributed by atoms with Crippen molar-refractivity contribution in [3.63, 3.8) is 0 Å². The number of tetrazole rings is 1. The predicted octanol–water partition coefficient (Wildman–Crippen LogP) is 3.94. The maximum Gasteiger partial charge on any atom is 0.214 e. The van der Waals surface area contributed by atoms with E-state index in [9.17, 15) is 4.39 Å². The third kappa shape index (κ3) is 4.29. The third-order valence-corrected chi connectivity index (χ3v) is 4.97. The van der Waals surface area contributed by atoms with Crippen molar-refractivity contribution in [1.82, 2.24) is 25.5 Å². The van der Waals surface area contributed by atoms with Crippen LogP contribution in [0.25, 0.3) is 17.0 Å². The first-order valence-electron chi connectivity index (χ1n) is 8.82. The Morgan fingerprint density at radius 2 is 1.82 bits per heavy atom. The second-order valence-corrected chi connectivity index (χ2v) is 7.04. The van der Waals surface area contributed by atoms with Crippen LogP contribution >= 0.6 is 11.8 Å². The number of para-hydroxylation sites is 1. The van der Waals surface area contributed by atoms with Crippen molar-refractivity contribution in [2.45, 2.75) is 11.7 Å². The van der Waals surface area contributed by atoms with Gasteiger partial charge in [-0.1, -0.05) is 42.1 Å². The largest absolute Gasteiger partial charge is 0.460 e. The number of halogens is 1. The van der Waals surface area contributed by atoms with E-state index in [1.54, 1.807) is 40.7 Å². The molecule has 142 valence electrons. The average molecular weight is 395 g/mol. The summed E-state index contributed by atoms with van der Waals surface area (Å²) in [5.74, 6) is 1.81. The van der Waals surface area contributed by atoms with Gasteiger partial charge in [-0.15, -0.1) is 5.10 Å². The SMILES string of the molecule is Fc1ccccc1-c1ccc(CNCCSc2nnnn2-c2ccccc2)o1. The molecule has 2 aromatic carbocycles. The van der Waals surface area contributed by atoms with Crippen LogP contribution in [0.4, 0.5) is 4.39 Å². The molecule has 2 aromatic heterocycles. The van der Waals surface area contributed by atoms with E-state index >= 15 is 0 Å². The molecule has 0 spiro atoms. The van der Waals surface area contributed by atoms with Crippen LogP contribution in [0.15, 0.2) is 76.3 Å². The van der Waals surface area contributed by atoms with Crippen LogP contribution in [0.3, 0.4) is 0 Å². The zero-order valence-corrected chi connectivity index (χ0v) is 15.8. The van der Waals surface area contributed by atoms with Crippen molar-refractivity contribution >= 4 is 11.8 Å². The second-order valence-electron chi connectivity index (χ2n) is 5.98. The van der Waals surface area contributed by atoms with E-state index in [0.717, 1.165) is 28.9 Å². The molecule has 0 saturated carbocycles. The predicted molar refractivity (Wildman–Crippen MR) is 106 cm³/mol. The number of hydrogen-bond donors (Lipinski definition) is 1. The van der Waals surface area contributed by atoms with E-state index in [1.807, 2.05) is 36.4 Å². The second kappa shape index (κ2) is 8.81. The Kier molecular flexibility index (Phi) is 5.79. The van der Waals surface area contributed by atoms with Gasteiger partial charge >= 0.3 is 0 Å². The number of hydrogen-bond acceptors (Lipinski definition) is 6. The van der Waals surface area contributed by atoms with Crippen molar-refractivity contribution in [2.24, 2.45) is 0 Å². The molecule has 0 aliphatic rings. The Bertz CT molecular complexity index is 1030. The van der Waals surface area contributed by atoms with Gasteiger partial charge in [0.25, 0.3) is 0 Å². The van der Waals surface area contributed by atoms with E-state index < -0.39 is 0 Å². The van der Waals surface area contributed by atoms with E-state index in [-0.39, 0.29) is 5.82 Å². The zero-order valence-electron chi connectivity index (χ0n) is 15.0. The molecule has 0 aliphatic carbocycles. The highest BCUT2D eigenvalue weighted by Gasteiger charge is 2.10. The van der Waals surface area contributed by atoms with Crippen molar-refractivity contribution in [2.75, 3.05) is 12.3 Å². The first-order valence-corrected chi connectivity index (χ1v) is 9.81. The van der Waals surface area contributed by atoms with Gasteiger partial charge in [-0.05, 0) is 46.8 Å². The number of rotatable bonds is 8. The first kappa shape index (κ1) is 18.4. The summed E-state index contributed by atoms with van der Waals surface area (Å²) in [7, 11) is 0. The maximum absolute atomic E-state index is 13.8. The Morgan fingerprint density at radius 3 is 2.68 bits per heavy atom. The van der Waals surface area contributed by atoms with Crippen LogP contribution in [0, 0.1) is 5.82 Å². The molecule has 0 fully saturated rings. The minimum absolute atomic E-state index is 0.288. The van der Waals surface area contributed by atoms with Crippen molar-refractivity contribution in [1.29, 1.82) is 0 Å². The Hall–Kier alpha value is -2.97. The van der Waals surface area contributed by atoms with Gasteiger partial charge in [-0.2, -0.15) is 4.68 Å². The maximum atomic E-state index is 13.8. The van der Waals surface area contributed by atoms with Crippen molar-refractivity contribution < 1.29 is 8.81 Å². The highest BCUT2D eigenvalue weighted by molar-refractivity contribution is 7.99. The zero-order chi connectivity index (χ0) is 19.2. The molecule has 0 amide bonds. The lowest BCUT2D eigenvalue weighted by molar-refractivity contribution is 0.495. The molecule has 8 heteroatoms. The third-order valence-electron chi connectivity index (χ3n) is 4.05. The number of nitrogens with one attached hydrogen (secondary N) is 1. The molecule has 1 N–H and O–H groups in total. The fourth-order valence-corrected chi connectivity index (χ4v) is 3.49. The van der Waals surface area contributed by atoms with E-state index in [4.69, 9.17) is 4.42 Å². The number of furan rings is 1. The highest BCUT2D eigenvalue weighted by Crippen LogP contribution is 2.24. The molecular weight excluding hydrogens is 377 g/mol. The molecule has 0 bridgehead atoms. The molecule has 0 atom stereocenters. The van der Waals surface area contributed by atoms with Crippen LogP contribution < -0.4 is 5.32 Å². The van der Waals surface area contributed by atoms with Gasteiger partial charge in [0, 0.05) is 12.3 Å². The number of nitrogens with zero attached hydrogens (tertiary/aromatic N) is 4. The van der Waals surface area contributed by atoms with Crippen LogP contribution in [-0.4, -0.2) is 32.5 Å². The minimum Gasteiger partial charge on any atom is -0.460 e. The topological polar surface area (TPSA) is 68.8 Å². The van der Waals surface area contributed by atoms with Gasteiger partial charge in [-0.25, -0.2) is 4.39 Å². The lowest BCUT2D eigenvalue weighted by Gasteiger charge is -2.05. The minimum atomic E-state index is -0.288. The van der Waals surface area contributed by atoms with Crippen molar-refractivity contribution in [3.8, 4) is 17.0 Å². The molecule has 6 nitrogen and oxygen atoms in total. The van der Waals surface area contributed by atoms with Gasteiger partial charge in [0.1, 0.15) is 17.3 Å². The first-order chi connectivity index (χ1) is 13.8. The summed E-state index contributed by atoms with van der Waals surface area (Å²) in [6.45, 7) is 1.32. The molecule has 28 heavy (non-hydrogen) atoms. The van der Waals surface area contributed by atoms with E-state index in [0.29, 0.717) is 17.9 Å². The number of benzene rings is 2. The Balaban J connectivity index is 1.27. The molecule has 0 saturated heterocycles.